The minimum atomic E-state index is -0.335. The molecule has 0 heterocycles. The number of benzene rings is 2. The van der Waals surface area contributed by atoms with Crippen molar-refractivity contribution in [1.29, 1.82) is 0 Å². The normalized spacial score (nSPS) is 12.0. The Hall–Kier alpha value is -1.91. The lowest BCUT2D eigenvalue weighted by atomic mass is 10.1. The van der Waals surface area contributed by atoms with Gasteiger partial charge in [0.2, 0.25) is 5.91 Å². The third-order valence-electron chi connectivity index (χ3n) is 3.37. The Bertz CT molecular complexity index is 675. The summed E-state index contributed by atoms with van der Waals surface area (Å²) in [5.41, 5.74) is 2.00. The molecule has 0 aliphatic carbocycles. The lowest BCUT2D eigenvalue weighted by Crippen LogP contribution is -2.30. The molecule has 22 heavy (non-hydrogen) atoms. The summed E-state index contributed by atoms with van der Waals surface area (Å²) in [4.78, 5) is 11.9. The fraction of sp³-hybridized carbons (Fsp3) is 0.235. The predicted octanol–water partition coefficient (Wildman–Crippen LogP) is 4.08. The second-order valence-corrected chi connectivity index (χ2v) is 5.61. The fourth-order valence-corrected chi connectivity index (χ4v) is 2.21. The van der Waals surface area contributed by atoms with Gasteiger partial charge in [-0.15, -0.1) is 0 Å². The van der Waals surface area contributed by atoms with Crippen molar-refractivity contribution in [3.63, 3.8) is 0 Å². The summed E-state index contributed by atoms with van der Waals surface area (Å²) in [6.45, 7) is 3.75. The Kier molecular flexibility index (Phi) is 5.52. The molecule has 3 nitrogen and oxygen atoms in total. The van der Waals surface area contributed by atoms with Gasteiger partial charge in [-0.05, 0) is 49.2 Å². The Morgan fingerprint density at radius 1 is 1.27 bits per heavy atom. The van der Waals surface area contributed by atoms with Gasteiger partial charge in [0, 0.05) is 16.8 Å². The van der Waals surface area contributed by atoms with E-state index in [9.17, 15) is 9.18 Å². The Morgan fingerprint density at radius 3 is 2.73 bits per heavy atom. The molecule has 0 aliphatic heterocycles. The molecule has 0 saturated carbocycles. The second-order valence-electron chi connectivity index (χ2n) is 5.17. The Labute approximate surface area is 134 Å². The molecule has 1 atom stereocenters. The molecular weight excluding hydrogens is 303 g/mol. The number of halogens is 2. The van der Waals surface area contributed by atoms with Gasteiger partial charge < -0.3 is 10.6 Å². The largest absolute Gasteiger partial charge is 0.325 e. The second kappa shape index (κ2) is 7.38. The molecule has 0 bridgehead atoms. The first-order chi connectivity index (χ1) is 10.5. The van der Waals surface area contributed by atoms with Gasteiger partial charge in [-0.2, -0.15) is 0 Å². The maximum atomic E-state index is 13.4. The molecule has 0 unspecified atom stereocenters. The van der Waals surface area contributed by atoms with Gasteiger partial charge in [-0.25, -0.2) is 4.39 Å². The lowest BCUT2D eigenvalue weighted by molar-refractivity contribution is -0.115. The van der Waals surface area contributed by atoms with Crippen LogP contribution in [0.5, 0.6) is 0 Å². The van der Waals surface area contributed by atoms with Crippen LogP contribution in [0, 0.1) is 12.7 Å². The predicted molar refractivity (Wildman–Crippen MR) is 87.6 cm³/mol. The highest BCUT2D eigenvalue weighted by atomic mass is 35.5. The average molecular weight is 321 g/mol. The van der Waals surface area contributed by atoms with Gasteiger partial charge >= 0.3 is 0 Å². The molecule has 2 N–H and O–H groups in total. The Balaban J connectivity index is 1.88. The SMILES string of the molecule is Cc1ccc(NC(=O)CN[C@H](C)c2cccc(Cl)c2)cc1F. The molecule has 5 heteroatoms. The molecule has 2 aromatic carbocycles. The highest BCUT2D eigenvalue weighted by molar-refractivity contribution is 6.30. The van der Waals surface area contributed by atoms with Crippen molar-refractivity contribution in [2.45, 2.75) is 19.9 Å². The molecule has 0 saturated heterocycles. The number of hydrogen-bond acceptors (Lipinski definition) is 2. The van der Waals surface area contributed by atoms with Gasteiger partial charge in [0.15, 0.2) is 0 Å². The van der Waals surface area contributed by atoms with Crippen molar-refractivity contribution in [1.82, 2.24) is 5.32 Å². The number of nitrogens with one attached hydrogen (secondary N) is 2. The monoisotopic (exact) mass is 320 g/mol. The summed E-state index contributed by atoms with van der Waals surface area (Å²) >= 11 is 5.94. The van der Waals surface area contributed by atoms with Crippen LogP contribution in [0.25, 0.3) is 0 Å². The van der Waals surface area contributed by atoms with E-state index in [0.29, 0.717) is 16.3 Å². The van der Waals surface area contributed by atoms with Crippen molar-refractivity contribution in [3.05, 3.63) is 64.4 Å². The van der Waals surface area contributed by atoms with Crippen molar-refractivity contribution in [2.75, 3.05) is 11.9 Å². The van der Waals surface area contributed by atoms with Gasteiger partial charge in [0.1, 0.15) is 5.82 Å². The van der Waals surface area contributed by atoms with Gasteiger partial charge in [-0.3, -0.25) is 4.79 Å². The molecule has 2 aromatic rings. The zero-order valence-electron chi connectivity index (χ0n) is 12.5. The van der Waals surface area contributed by atoms with E-state index in [0.717, 1.165) is 5.56 Å². The van der Waals surface area contributed by atoms with Gasteiger partial charge in [0.25, 0.3) is 0 Å². The Morgan fingerprint density at radius 2 is 2.05 bits per heavy atom. The number of carbonyl (C=O) groups is 1. The molecule has 0 spiro atoms. The topological polar surface area (TPSA) is 41.1 Å². The van der Waals surface area contributed by atoms with Gasteiger partial charge in [-0.1, -0.05) is 29.8 Å². The molecular formula is C17H18ClFN2O. The maximum absolute atomic E-state index is 13.4. The van der Waals surface area contributed by atoms with Crippen LogP contribution in [0.15, 0.2) is 42.5 Å². The number of rotatable bonds is 5. The van der Waals surface area contributed by atoms with E-state index in [1.54, 1.807) is 25.1 Å². The first-order valence-corrected chi connectivity index (χ1v) is 7.38. The maximum Gasteiger partial charge on any atom is 0.238 e. The zero-order valence-corrected chi connectivity index (χ0v) is 13.2. The minimum Gasteiger partial charge on any atom is -0.325 e. The minimum absolute atomic E-state index is 0.0146. The van der Waals surface area contributed by atoms with Crippen LogP contribution in [0.2, 0.25) is 5.02 Å². The average Bonchev–Trinajstić information content (AvgIpc) is 2.48. The van der Waals surface area contributed by atoms with E-state index < -0.39 is 0 Å². The summed E-state index contributed by atoms with van der Waals surface area (Å²) in [6.07, 6.45) is 0. The van der Waals surface area contributed by atoms with Crippen LogP contribution in [-0.4, -0.2) is 12.5 Å². The van der Waals surface area contributed by atoms with Crippen LogP contribution in [0.4, 0.5) is 10.1 Å². The summed E-state index contributed by atoms with van der Waals surface area (Å²) in [5, 5.41) is 6.43. The quantitative estimate of drug-likeness (QED) is 0.871. The number of amides is 1. The highest BCUT2D eigenvalue weighted by Gasteiger charge is 2.09. The number of aryl methyl sites for hydroxylation is 1. The summed E-state index contributed by atoms with van der Waals surface area (Å²) in [5.74, 6) is -0.560. The first kappa shape index (κ1) is 16.5. The first-order valence-electron chi connectivity index (χ1n) is 7.00. The highest BCUT2D eigenvalue weighted by Crippen LogP contribution is 2.17. The molecule has 2 rings (SSSR count). The van der Waals surface area contributed by atoms with E-state index in [1.807, 2.05) is 25.1 Å². The van der Waals surface area contributed by atoms with Crippen LogP contribution < -0.4 is 10.6 Å². The van der Waals surface area contributed by atoms with E-state index in [1.165, 1.54) is 6.07 Å². The van der Waals surface area contributed by atoms with Crippen LogP contribution in [-0.2, 0) is 4.79 Å². The van der Waals surface area contributed by atoms with Crippen LogP contribution in [0.3, 0.4) is 0 Å². The third-order valence-corrected chi connectivity index (χ3v) is 3.61. The molecule has 0 fully saturated rings. The molecule has 0 radical (unpaired) electrons. The molecule has 1 amide bonds. The zero-order chi connectivity index (χ0) is 16.1. The van der Waals surface area contributed by atoms with Crippen molar-refractivity contribution in [3.8, 4) is 0 Å². The van der Waals surface area contributed by atoms with Crippen molar-refractivity contribution < 1.29 is 9.18 Å². The lowest BCUT2D eigenvalue weighted by Gasteiger charge is -2.14. The van der Waals surface area contributed by atoms with Crippen LogP contribution in [0.1, 0.15) is 24.1 Å². The van der Waals surface area contributed by atoms with Crippen molar-refractivity contribution >= 4 is 23.2 Å². The molecule has 0 aromatic heterocycles. The van der Waals surface area contributed by atoms with Crippen LogP contribution >= 0.6 is 11.6 Å². The van der Waals surface area contributed by atoms with Gasteiger partial charge in [0.05, 0.1) is 6.54 Å². The van der Waals surface area contributed by atoms with Crippen molar-refractivity contribution in [2.24, 2.45) is 0 Å². The number of anilines is 1. The number of hydrogen-bond donors (Lipinski definition) is 2. The molecule has 116 valence electrons. The summed E-state index contributed by atoms with van der Waals surface area (Å²) in [7, 11) is 0. The summed E-state index contributed by atoms with van der Waals surface area (Å²) in [6, 6.07) is 12.1. The fourth-order valence-electron chi connectivity index (χ4n) is 2.02. The standard InChI is InChI=1S/C17H18ClFN2O/c1-11-6-7-15(9-16(11)19)21-17(22)10-20-12(2)13-4-3-5-14(18)8-13/h3-9,12,20H,10H2,1-2H3,(H,21,22)/t12-/m1/s1. The van der Waals surface area contributed by atoms with E-state index in [-0.39, 0.29) is 24.3 Å². The summed E-state index contributed by atoms with van der Waals surface area (Å²) < 4.78 is 13.4. The third kappa shape index (κ3) is 4.55. The number of carbonyl (C=O) groups excluding carboxylic acids is 1. The van der Waals surface area contributed by atoms with E-state index >= 15 is 0 Å². The molecule has 0 aliphatic rings. The van der Waals surface area contributed by atoms with E-state index in [2.05, 4.69) is 10.6 Å². The van der Waals surface area contributed by atoms with E-state index in [4.69, 9.17) is 11.6 Å². The smallest absolute Gasteiger partial charge is 0.238 e.